The summed E-state index contributed by atoms with van der Waals surface area (Å²) in [7, 11) is 0. The van der Waals surface area contributed by atoms with E-state index in [-0.39, 0.29) is 29.2 Å². The maximum absolute atomic E-state index is 11.1. The lowest BCUT2D eigenvalue weighted by molar-refractivity contribution is -0.384. The molecule has 0 saturated carbocycles. The second kappa shape index (κ2) is 7.25. The quantitative estimate of drug-likeness (QED) is 0.616. The minimum atomic E-state index is -0.499. The summed E-state index contributed by atoms with van der Waals surface area (Å²) in [5.41, 5.74) is -0.132. The number of aliphatic hydroxyl groups excluding tert-OH is 1. The Morgan fingerprint density at radius 1 is 1.53 bits per heavy atom. The lowest BCUT2D eigenvalue weighted by Crippen LogP contribution is -2.37. The normalized spacial score (nSPS) is 10.8. The molecule has 1 heterocycles. The Labute approximate surface area is 117 Å². The van der Waals surface area contributed by atoms with E-state index < -0.39 is 4.92 Å². The Hall–Kier alpha value is -1.40. The van der Waals surface area contributed by atoms with Crippen molar-refractivity contribution in [3.8, 4) is 0 Å². The van der Waals surface area contributed by atoms with Crippen molar-refractivity contribution in [2.45, 2.75) is 32.7 Å². The number of nitro groups is 1. The standard InChI is InChI=1S/C12H18ClN3O3/c1-3-10(4-2)15(5-6-17)12-11(16(18)19)7-9(13)8-14-12/h7-8,10,17H,3-6H2,1-2H3. The Kier molecular flexibility index (Phi) is 5.98. The second-order valence-electron chi connectivity index (χ2n) is 4.14. The highest BCUT2D eigenvalue weighted by atomic mass is 35.5. The zero-order valence-corrected chi connectivity index (χ0v) is 11.8. The molecular weight excluding hydrogens is 270 g/mol. The van der Waals surface area contributed by atoms with Crippen LogP contribution in [0.25, 0.3) is 0 Å². The van der Waals surface area contributed by atoms with Crippen molar-refractivity contribution in [3.63, 3.8) is 0 Å². The van der Waals surface area contributed by atoms with Crippen molar-refractivity contribution in [2.75, 3.05) is 18.1 Å². The topological polar surface area (TPSA) is 79.5 Å². The third-order valence-corrected chi connectivity index (χ3v) is 3.21. The van der Waals surface area contributed by atoms with E-state index in [0.29, 0.717) is 6.54 Å². The van der Waals surface area contributed by atoms with Gasteiger partial charge in [-0.3, -0.25) is 10.1 Å². The first kappa shape index (κ1) is 15.7. The Morgan fingerprint density at radius 2 is 2.16 bits per heavy atom. The molecule has 0 saturated heterocycles. The summed E-state index contributed by atoms with van der Waals surface area (Å²) in [4.78, 5) is 16.4. The molecule has 0 unspecified atom stereocenters. The first-order valence-corrected chi connectivity index (χ1v) is 6.60. The molecule has 1 aromatic heterocycles. The van der Waals surface area contributed by atoms with Gasteiger partial charge in [0, 0.05) is 24.8 Å². The molecule has 0 spiro atoms. The van der Waals surface area contributed by atoms with Crippen molar-refractivity contribution < 1.29 is 10.0 Å². The highest BCUT2D eigenvalue weighted by Gasteiger charge is 2.25. The largest absolute Gasteiger partial charge is 0.395 e. The van der Waals surface area contributed by atoms with Crippen molar-refractivity contribution >= 4 is 23.1 Å². The average Bonchev–Trinajstić information content (AvgIpc) is 2.39. The van der Waals surface area contributed by atoms with Crippen LogP contribution in [-0.2, 0) is 0 Å². The minimum absolute atomic E-state index is 0.0854. The van der Waals surface area contributed by atoms with Crippen LogP contribution in [0.2, 0.25) is 5.02 Å². The molecule has 0 aliphatic heterocycles. The van der Waals surface area contributed by atoms with Gasteiger partial charge in [0.2, 0.25) is 5.82 Å². The van der Waals surface area contributed by atoms with Crippen molar-refractivity contribution in [2.24, 2.45) is 0 Å². The molecule has 106 valence electrons. The number of hydrogen-bond donors (Lipinski definition) is 1. The van der Waals surface area contributed by atoms with Crippen LogP contribution in [0.15, 0.2) is 12.3 Å². The van der Waals surface area contributed by atoms with E-state index in [4.69, 9.17) is 16.7 Å². The molecule has 1 aromatic rings. The Balaban J connectivity index is 3.25. The highest BCUT2D eigenvalue weighted by Crippen LogP contribution is 2.30. The van der Waals surface area contributed by atoms with E-state index in [1.807, 2.05) is 13.8 Å². The lowest BCUT2D eigenvalue weighted by Gasteiger charge is -2.30. The van der Waals surface area contributed by atoms with Gasteiger partial charge in [0.05, 0.1) is 16.6 Å². The van der Waals surface area contributed by atoms with Gasteiger partial charge in [-0.25, -0.2) is 4.98 Å². The Bertz CT molecular complexity index is 438. The summed E-state index contributed by atoms with van der Waals surface area (Å²) in [6.07, 6.45) is 3.02. The number of halogens is 1. The second-order valence-corrected chi connectivity index (χ2v) is 4.58. The number of aliphatic hydroxyl groups is 1. The molecule has 0 amide bonds. The average molecular weight is 288 g/mol. The summed E-state index contributed by atoms with van der Waals surface area (Å²) in [5, 5.41) is 20.5. The summed E-state index contributed by atoms with van der Waals surface area (Å²) < 4.78 is 0. The van der Waals surface area contributed by atoms with Gasteiger partial charge in [-0.1, -0.05) is 25.4 Å². The van der Waals surface area contributed by atoms with Gasteiger partial charge in [0.1, 0.15) is 0 Å². The summed E-state index contributed by atoms with van der Waals surface area (Å²) in [6, 6.07) is 1.39. The number of rotatable bonds is 7. The van der Waals surface area contributed by atoms with Gasteiger partial charge < -0.3 is 10.0 Å². The van der Waals surface area contributed by atoms with Crippen LogP contribution < -0.4 is 4.90 Å². The summed E-state index contributed by atoms with van der Waals surface area (Å²) in [6.45, 7) is 4.22. The van der Waals surface area contributed by atoms with Crippen molar-refractivity contribution in [3.05, 3.63) is 27.4 Å². The zero-order valence-electron chi connectivity index (χ0n) is 11.0. The van der Waals surface area contributed by atoms with E-state index in [1.165, 1.54) is 12.3 Å². The molecule has 0 fully saturated rings. The Morgan fingerprint density at radius 3 is 2.63 bits per heavy atom. The lowest BCUT2D eigenvalue weighted by atomic mass is 10.1. The van der Waals surface area contributed by atoms with Crippen LogP contribution in [0.1, 0.15) is 26.7 Å². The SMILES string of the molecule is CCC(CC)N(CCO)c1ncc(Cl)cc1[N+](=O)[O-]. The van der Waals surface area contributed by atoms with Crippen LogP contribution in [0.3, 0.4) is 0 Å². The zero-order chi connectivity index (χ0) is 14.4. The van der Waals surface area contributed by atoms with Gasteiger partial charge in [0.25, 0.3) is 0 Å². The van der Waals surface area contributed by atoms with Gasteiger partial charge in [-0.15, -0.1) is 0 Å². The molecule has 0 aliphatic rings. The number of nitrogens with zero attached hydrogens (tertiary/aromatic N) is 3. The third-order valence-electron chi connectivity index (χ3n) is 3.01. The first-order valence-electron chi connectivity index (χ1n) is 6.22. The monoisotopic (exact) mass is 287 g/mol. The van der Waals surface area contributed by atoms with Crippen LogP contribution in [-0.4, -0.2) is 34.2 Å². The molecule has 0 aromatic carbocycles. The molecule has 19 heavy (non-hydrogen) atoms. The fraction of sp³-hybridized carbons (Fsp3) is 0.583. The highest BCUT2D eigenvalue weighted by molar-refractivity contribution is 6.30. The van der Waals surface area contributed by atoms with Crippen LogP contribution in [0.5, 0.6) is 0 Å². The maximum Gasteiger partial charge on any atom is 0.313 e. The molecule has 6 nitrogen and oxygen atoms in total. The first-order chi connectivity index (χ1) is 9.04. The van der Waals surface area contributed by atoms with Crippen LogP contribution >= 0.6 is 11.6 Å². The van der Waals surface area contributed by atoms with E-state index in [9.17, 15) is 10.1 Å². The van der Waals surface area contributed by atoms with Gasteiger partial charge in [0.15, 0.2) is 0 Å². The fourth-order valence-electron chi connectivity index (χ4n) is 2.08. The third kappa shape index (κ3) is 3.78. The molecule has 0 bridgehead atoms. The molecule has 0 aliphatic carbocycles. The minimum Gasteiger partial charge on any atom is -0.395 e. The molecule has 1 N–H and O–H groups in total. The van der Waals surface area contributed by atoms with Crippen molar-refractivity contribution in [1.82, 2.24) is 4.98 Å². The fourth-order valence-corrected chi connectivity index (χ4v) is 2.23. The van der Waals surface area contributed by atoms with Gasteiger partial charge >= 0.3 is 5.69 Å². The molecule has 0 radical (unpaired) electrons. The van der Waals surface area contributed by atoms with E-state index >= 15 is 0 Å². The number of hydrogen-bond acceptors (Lipinski definition) is 5. The van der Waals surface area contributed by atoms with Crippen LogP contribution in [0, 0.1) is 10.1 Å². The van der Waals surface area contributed by atoms with Gasteiger partial charge in [-0.05, 0) is 12.8 Å². The smallest absolute Gasteiger partial charge is 0.313 e. The van der Waals surface area contributed by atoms with Crippen LogP contribution in [0.4, 0.5) is 11.5 Å². The van der Waals surface area contributed by atoms with Crippen molar-refractivity contribution in [1.29, 1.82) is 0 Å². The van der Waals surface area contributed by atoms with Gasteiger partial charge in [-0.2, -0.15) is 0 Å². The number of anilines is 1. The van der Waals surface area contributed by atoms with E-state index in [1.54, 1.807) is 4.90 Å². The predicted molar refractivity (Wildman–Crippen MR) is 74.7 cm³/mol. The molecule has 0 atom stereocenters. The van der Waals surface area contributed by atoms with E-state index in [0.717, 1.165) is 12.8 Å². The van der Waals surface area contributed by atoms with E-state index in [2.05, 4.69) is 4.98 Å². The number of aromatic nitrogens is 1. The molecule has 1 rings (SSSR count). The molecular formula is C12H18ClN3O3. The number of pyridine rings is 1. The molecule has 7 heteroatoms. The summed E-state index contributed by atoms with van der Waals surface area (Å²) in [5.74, 6) is 0.261. The summed E-state index contributed by atoms with van der Waals surface area (Å²) >= 11 is 5.76. The predicted octanol–water partition coefficient (Wildman–Crippen LogP) is 2.63. The maximum atomic E-state index is 11.1.